The molecule has 142 valence electrons. The Morgan fingerprint density at radius 1 is 1.04 bits per heavy atom. The smallest absolute Gasteiger partial charge is 0.264 e. The molecule has 6 heteroatoms. The summed E-state index contributed by atoms with van der Waals surface area (Å²) in [5.74, 6) is 1.13. The van der Waals surface area contributed by atoms with Gasteiger partial charge in [-0.2, -0.15) is 8.42 Å². The van der Waals surface area contributed by atoms with Crippen LogP contribution in [0.5, 0.6) is 0 Å². The highest BCUT2D eigenvalue weighted by atomic mass is 32.2. The topological polar surface area (TPSA) is 73.6 Å². The number of rotatable bonds is 4. The minimum absolute atomic E-state index is 0.0143. The molecule has 1 saturated carbocycles. The van der Waals surface area contributed by atoms with Crippen LogP contribution in [0, 0.1) is 5.92 Å². The minimum Gasteiger partial charge on any atom is -0.460 e. The van der Waals surface area contributed by atoms with Gasteiger partial charge < -0.3 is 4.42 Å². The summed E-state index contributed by atoms with van der Waals surface area (Å²) in [4.78, 5) is 12.6. The van der Waals surface area contributed by atoms with E-state index in [0.29, 0.717) is 11.0 Å². The molecule has 0 saturated heterocycles. The predicted octanol–water partition coefficient (Wildman–Crippen LogP) is 4.20. The Hall–Kier alpha value is -2.18. The lowest BCUT2D eigenvalue weighted by molar-refractivity contribution is 0.200. The van der Waals surface area contributed by atoms with Crippen molar-refractivity contribution in [3.8, 4) is 0 Å². The Balaban J connectivity index is 1.60. The average molecular weight is 386 g/mol. The molecule has 27 heavy (non-hydrogen) atoms. The predicted molar refractivity (Wildman–Crippen MR) is 105 cm³/mol. The number of hydrogen-bond acceptors (Lipinski definition) is 5. The van der Waals surface area contributed by atoms with Gasteiger partial charge in [0, 0.05) is 17.4 Å². The van der Waals surface area contributed by atoms with Crippen LogP contribution in [0.25, 0.3) is 21.7 Å². The fraction of sp³-hybridized carbons (Fsp3) is 0.381. The van der Waals surface area contributed by atoms with Gasteiger partial charge >= 0.3 is 0 Å². The number of hydrogen-bond donors (Lipinski definition) is 0. The van der Waals surface area contributed by atoms with E-state index >= 15 is 0 Å². The first-order chi connectivity index (χ1) is 12.9. The summed E-state index contributed by atoms with van der Waals surface area (Å²) in [7, 11) is -3.40. The van der Waals surface area contributed by atoms with E-state index in [-0.39, 0.29) is 23.9 Å². The van der Waals surface area contributed by atoms with Gasteiger partial charge in [-0.1, -0.05) is 30.3 Å². The molecule has 0 aliphatic heterocycles. The van der Waals surface area contributed by atoms with Crippen molar-refractivity contribution in [2.75, 3.05) is 12.9 Å². The van der Waals surface area contributed by atoms with E-state index in [2.05, 4.69) is 0 Å². The van der Waals surface area contributed by atoms with Crippen LogP contribution < -0.4 is 5.43 Å². The lowest BCUT2D eigenvalue weighted by Crippen LogP contribution is -2.20. The third-order valence-electron chi connectivity index (χ3n) is 5.41. The maximum atomic E-state index is 12.6. The van der Waals surface area contributed by atoms with Crippen LogP contribution in [-0.2, 0) is 14.3 Å². The second-order valence-electron chi connectivity index (χ2n) is 7.38. The maximum Gasteiger partial charge on any atom is 0.264 e. The molecule has 1 heterocycles. The number of benzene rings is 2. The van der Waals surface area contributed by atoms with Crippen molar-refractivity contribution in [1.29, 1.82) is 0 Å². The first kappa shape index (κ1) is 18.2. The van der Waals surface area contributed by atoms with E-state index in [9.17, 15) is 13.2 Å². The zero-order valence-corrected chi connectivity index (χ0v) is 16.0. The molecule has 0 amide bonds. The molecule has 3 aromatic rings. The standard InChI is InChI=1S/C21H22O5S/c1-27(23,24)25-13-14-6-8-16(9-7-14)20-12-19(22)18-11-10-15-4-2-3-5-17(15)21(18)26-20/h2-5,10-12,14,16H,6-9,13H2,1H3. The zero-order valence-electron chi connectivity index (χ0n) is 15.2. The summed E-state index contributed by atoms with van der Waals surface area (Å²) in [6.07, 6.45) is 4.51. The molecule has 1 aliphatic rings. The van der Waals surface area contributed by atoms with E-state index in [0.717, 1.165) is 48.5 Å². The van der Waals surface area contributed by atoms with Gasteiger partial charge in [0.25, 0.3) is 10.1 Å². The van der Waals surface area contributed by atoms with Gasteiger partial charge in [-0.15, -0.1) is 0 Å². The molecule has 2 aromatic carbocycles. The third-order valence-corrected chi connectivity index (χ3v) is 5.97. The molecule has 4 rings (SSSR count). The van der Waals surface area contributed by atoms with Crippen LogP contribution in [0.3, 0.4) is 0 Å². The Kier molecular flexibility index (Phi) is 4.78. The lowest BCUT2D eigenvalue weighted by atomic mass is 9.81. The van der Waals surface area contributed by atoms with Gasteiger partial charge in [0.05, 0.1) is 18.2 Å². The summed E-state index contributed by atoms with van der Waals surface area (Å²) in [6.45, 7) is 0.234. The molecule has 1 aromatic heterocycles. The highest BCUT2D eigenvalue weighted by Crippen LogP contribution is 2.37. The van der Waals surface area contributed by atoms with Crippen molar-refractivity contribution in [2.45, 2.75) is 31.6 Å². The van der Waals surface area contributed by atoms with Gasteiger partial charge in [0.15, 0.2) is 5.43 Å². The quantitative estimate of drug-likeness (QED) is 0.496. The first-order valence-electron chi connectivity index (χ1n) is 9.20. The average Bonchev–Trinajstić information content (AvgIpc) is 2.66. The summed E-state index contributed by atoms with van der Waals surface area (Å²) in [5.41, 5.74) is 0.637. The summed E-state index contributed by atoms with van der Waals surface area (Å²) in [6, 6.07) is 13.3. The molecule has 5 nitrogen and oxygen atoms in total. The van der Waals surface area contributed by atoms with Gasteiger partial charge in [-0.25, -0.2) is 0 Å². The Morgan fingerprint density at radius 2 is 1.78 bits per heavy atom. The van der Waals surface area contributed by atoms with Crippen LogP contribution >= 0.6 is 0 Å². The van der Waals surface area contributed by atoms with Crippen molar-refractivity contribution >= 4 is 31.9 Å². The molecule has 0 bridgehead atoms. The van der Waals surface area contributed by atoms with Gasteiger partial charge in [0.1, 0.15) is 11.3 Å². The van der Waals surface area contributed by atoms with Crippen molar-refractivity contribution in [2.24, 2.45) is 5.92 Å². The van der Waals surface area contributed by atoms with Crippen LogP contribution in [0.1, 0.15) is 37.4 Å². The second kappa shape index (κ2) is 7.09. The number of fused-ring (bicyclic) bond motifs is 3. The van der Waals surface area contributed by atoms with Crippen molar-refractivity contribution in [1.82, 2.24) is 0 Å². The van der Waals surface area contributed by atoms with E-state index < -0.39 is 10.1 Å². The van der Waals surface area contributed by atoms with Crippen LogP contribution in [-0.4, -0.2) is 21.3 Å². The van der Waals surface area contributed by atoms with E-state index in [1.807, 2.05) is 36.4 Å². The third kappa shape index (κ3) is 3.92. The molecule has 0 spiro atoms. The van der Waals surface area contributed by atoms with Crippen LogP contribution in [0.4, 0.5) is 0 Å². The first-order valence-corrected chi connectivity index (χ1v) is 11.0. The Morgan fingerprint density at radius 3 is 2.52 bits per heavy atom. The van der Waals surface area contributed by atoms with E-state index in [1.54, 1.807) is 6.07 Å². The highest BCUT2D eigenvalue weighted by molar-refractivity contribution is 7.85. The fourth-order valence-corrected chi connectivity index (χ4v) is 4.38. The van der Waals surface area contributed by atoms with Crippen molar-refractivity contribution in [3.63, 3.8) is 0 Å². The molecule has 0 atom stereocenters. The molecule has 0 unspecified atom stereocenters. The SMILES string of the molecule is CS(=O)(=O)OCC1CCC(c2cc(=O)c3ccc4ccccc4c3o2)CC1. The summed E-state index contributed by atoms with van der Waals surface area (Å²) >= 11 is 0. The summed E-state index contributed by atoms with van der Waals surface area (Å²) < 4.78 is 33.5. The molecular formula is C21H22O5S. The molecule has 1 fully saturated rings. The zero-order chi connectivity index (χ0) is 19.0. The molecular weight excluding hydrogens is 364 g/mol. The molecule has 0 radical (unpaired) electrons. The van der Waals surface area contributed by atoms with Crippen LogP contribution in [0.2, 0.25) is 0 Å². The monoisotopic (exact) mass is 386 g/mol. The Bertz CT molecular complexity index is 1140. The minimum atomic E-state index is -3.40. The highest BCUT2D eigenvalue weighted by Gasteiger charge is 2.26. The normalized spacial score (nSPS) is 20.9. The van der Waals surface area contributed by atoms with Gasteiger partial charge in [0.2, 0.25) is 0 Å². The fourth-order valence-electron chi connectivity index (χ4n) is 3.94. The maximum absolute atomic E-state index is 12.6. The molecule has 1 aliphatic carbocycles. The Labute approximate surface area is 158 Å². The van der Waals surface area contributed by atoms with E-state index in [1.165, 1.54) is 0 Å². The summed E-state index contributed by atoms with van der Waals surface area (Å²) in [5, 5.41) is 2.60. The lowest BCUT2D eigenvalue weighted by Gasteiger charge is -2.27. The van der Waals surface area contributed by atoms with Gasteiger partial charge in [-0.3, -0.25) is 8.98 Å². The van der Waals surface area contributed by atoms with Crippen molar-refractivity contribution < 1.29 is 17.0 Å². The van der Waals surface area contributed by atoms with Crippen LogP contribution in [0.15, 0.2) is 51.7 Å². The second-order valence-corrected chi connectivity index (χ2v) is 9.03. The van der Waals surface area contributed by atoms with Gasteiger partial charge in [-0.05, 0) is 43.1 Å². The largest absolute Gasteiger partial charge is 0.460 e. The van der Waals surface area contributed by atoms with E-state index in [4.69, 9.17) is 8.60 Å². The molecule has 0 N–H and O–H groups in total. The van der Waals surface area contributed by atoms with Crippen molar-refractivity contribution in [3.05, 3.63) is 58.4 Å².